The van der Waals surface area contributed by atoms with Gasteiger partial charge in [0.15, 0.2) is 5.78 Å². The number of aryl methyl sites for hydroxylation is 1. The van der Waals surface area contributed by atoms with Crippen molar-refractivity contribution in [2.24, 2.45) is 0 Å². The molecular weight excluding hydrogens is 342 g/mol. The minimum atomic E-state index is -0.171. The van der Waals surface area contributed by atoms with E-state index in [0.717, 1.165) is 24.6 Å². The maximum absolute atomic E-state index is 12.2. The van der Waals surface area contributed by atoms with Gasteiger partial charge in [0.25, 0.3) is 5.91 Å². The average Bonchev–Trinajstić information content (AvgIpc) is 3.19. The molecule has 1 aromatic carbocycles. The van der Waals surface area contributed by atoms with Crippen LogP contribution in [0.3, 0.4) is 0 Å². The first-order chi connectivity index (χ1) is 13.0. The van der Waals surface area contributed by atoms with Crippen molar-refractivity contribution in [3.05, 3.63) is 47.2 Å². The zero-order valence-electron chi connectivity index (χ0n) is 15.8. The van der Waals surface area contributed by atoms with Crippen molar-refractivity contribution in [3.63, 3.8) is 0 Å². The zero-order valence-corrected chi connectivity index (χ0v) is 15.8. The summed E-state index contributed by atoms with van der Waals surface area (Å²) in [5.41, 5.74) is 2.05. The number of ketones is 1. The lowest BCUT2D eigenvalue weighted by atomic mass is 10.1. The van der Waals surface area contributed by atoms with Crippen molar-refractivity contribution in [1.82, 2.24) is 15.3 Å². The highest BCUT2D eigenvalue weighted by Crippen LogP contribution is 2.19. The van der Waals surface area contributed by atoms with E-state index < -0.39 is 0 Å². The summed E-state index contributed by atoms with van der Waals surface area (Å²) in [6.07, 6.45) is 2.40. The summed E-state index contributed by atoms with van der Waals surface area (Å²) >= 11 is 0. The van der Waals surface area contributed by atoms with E-state index >= 15 is 0 Å². The third-order valence-electron chi connectivity index (χ3n) is 4.52. The normalized spacial score (nSPS) is 13.5. The number of aromatic nitrogens is 2. The molecule has 0 spiro atoms. The molecule has 0 atom stereocenters. The van der Waals surface area contributed by atoms with E-state index in [1.54, 1.807) is 24.3 Å². The van der Waals surface area contributed by atoms with Crippen molar-refractivity contribution < 1.29 is 9.59 Å². The predicted octanol–water partition coefficient (Wildman–Crippen LogP) is 2.43. The average molecular weight is 367 g/mol. The number of benzene rings is 1. The van der Waals surface area contributed by atoms with Gasteiger partial charge in [-0.1, -0.05) is 12.1 Å². The first kappa shape index (κ1) is 18.8. The van der Waals surface area contributed by atoms with Crippen molar-refractivity contribution in [3.8, 4) is 0 Å². The fraction of sp³-hybridized carbons (Fsp3) is 0.400. The predicted molar refractivity (Wildman–Crippen MR) is 105 cm³/mol. The molecule has 1 aliphatic rings. The van der Waals surface area contributed by atoms with Crippen LogP contribution in [0.2, 0.25) is 0 Å². The molecule has 0 bridgehead atoms. The lowest BCUT2D eigenvalue weighted by Crippen LogP contribution is -2.29. The third-order valence-corrected chi connectivity index (χ3v) is 4.52. The number of amides is 1. The summed E-state index contributed by atoms with van der Waals surface area (Å²) in [5.74, 6) is 1.35. The second-order valence-corrected chi connectivity index (χ2v) is 6.70. The molecule has 1 aliphatic heterocycles. The molecule has 1 aromatic heterocycles. The van der Waals surface area contributed by atoms with Gasteiger partial charge < -0.3 is 15.5 Å². The van der Waals surface area contributed by atoms with Crippen LogP contribution in [0, 0.1) is 6.92 Å². The van der Waals surface area contributed by atoms with Crippen LogP contribution in [-0.4, -0.2) is 47.8 Å². The molecule has 0 saturated carbocycles. The van der Waals surface area contributed by atoms with Crippen LogP contribution in [0.15, 0.2) is 30.3 Å². The fourth-order valence-corrected chi connectivity index (χ4v) is 3.05. The maximum atomic E-state index is 12.2. The molecule has 142 valence electrons. The van der Waals surface area contributed by atoms with E-state index in [4.69, 9.17) is 0 Å². The molecule has 3 rings (SSSR count). The highest BCUT2D eigenvalue weighted by Gasteiger charge is 2.15. The Morgan fingerprint density at radius 2 is 1.70 bits per heavy atom. The monoisotopic (exact) mass is 367 g/mol. The summed E-state index contributed by atoms with van der Waals surface area (Å²) in [6, 6.07) is 8.64. The molecule has 2 heterocycles. The number of carbonyl (C=O) groups excluding carboxylic acids is 2. The summed E-state index contributed by atoms with van der Waals surface area (Å²) < 4.78 is 0. The molecule has 7 nitrogen and oxygen atoms in total. The van der Waals surface area contributed by atoms with Crippen molar-refractivity contribution in [2.45, 2.75) is 26.7 Å². The lowest BCUT2D eigenvalue weighted by molar-refractivity contribution is 0.0953. The number of anilines is 2. The Kier molecular flexibility index (Phi) is 6.01. The molecule has 0 radical (unpaired) electrons. The Labute approximate surface area is 159 Å². The van der Waals surface area contributed by atoms with Crippen LogP contribution in [0.1, 0.15) is 46.2 Å². The molecule has 0 aliphatic carbocycles. The quantitative estimate of drug-likeness (QED) is 0.577. The van der Waals surface area contributed by atoms with Gasteiger partial charge in [0.05, 0.1) is 0 Å². The van der Waals surface area contributed by atoms with E-state index in [9.17, 15) is 9.59 Å². The van der Waals surface area contributed by atoms with E-state index in [-0.39, 0.29) is 11.7 Å². The molecule has 1 saturated heterocycles. The number of nitrogens with zero attached hydrogens (tertiary/aromatic N) is 3. The van der Waals surface area contributed by atoms with Crippen molar-refractivity contribution in [2.75, 3.05) is 36.4 Å². The molecule has 0 unspecified atom stereocenters. The van der Waals surface area contributed by atoms with Gasteiger partial charge in [-0.2, -0.15) is 4.98 Å². The second kappa shape index (κ2) is 8.62. The number of Topliss-reactive ketones (excluding diaryl/α,β-unsaturated/α-hetero) is 1. The van der Waals surface area contributed by atoms with Crippen LogP contribution in [0.25, 0.3) is 0 Å². The Morgan fingerprint density at radius 3 is 2.37 bits per heavy atom. The SMILES string of the molecule is CC(=O)c1ccc(C(=O)NCCNc2nc(C)cc(N3CCCC3)n2)cc1. The number of nitrogens with one attached hydrogen (secondary N) is 2. The molecule has 7 heteroatoms. The van der Waals surface area contributed by atoms with Gasteiger partial charge in [-0.15, -0.1) is 0 Å². The maximum Gasteiger partial charge on any atom is 0.251 e. The summed E-state index contributed by atoms with van der Waals surface area (Å²) in [4.78, 5) is 34.7. The summed E-state index contributed by atoms with van der Waals surface area (Å²) in [5, 5.41) is 6.02. The zero-order chi connectivity index (χ0) is 19.2. The summed E-state index contributed by atoms with van der Waals surface area (Å²) in [6.45, 7) is 6.51. The van der Waals surface area contributed by atoms with E-state index in [1.165, 1.54) is 19.8 Å². The van der Waals surface area contributed by atoms with Gasteiger partial charge in [0.1, 0.15) is 5.82 Å². The molecule has 1 amide bonds. The topological polar surface area (TPSA) is 87.2 Å². The van der Waals surface area contributed by atoms with Crippen LogP contribution >= 0.6 is 0 Å². The van der Waals surface area contributed by atoms with E-state index in [0.29, 0.717) is 30.2 Å². The van der Waals surface area contributed by atoms with Crippen LogP contribution in [-0.2, 0) is 0 Å². The number of carbonyl (C=O) groups is 2. The van der Waals surface area contributed by atoms with Gasteiger partial charge in [-0.05, 0) is 38.8 Å². The highest BCUT2D eigenvalue weighted by molar-refractivity contribution is 5.97. The largest absolute Gasteiger partial charge is 0.356 e. The molecule has 2 N–H and O–H groups in total. The van der Waals surface area contributed by atoms with Crippen molar-refractivity contribution >= 4 is 23.5 Å². The number of hydrogen-bond donors (Lipinski definition) is 2. The molecule has 1 fully saturated rings. The van der Waals surface area contributed by atoms with E-state index in [2.05, 4.69) is 25.5 Å². The van der Waals surface area contributed by atoms with Crippen LogP contribution in [0.5, 0.6) is 0 Å². The standard InChI is InChI=1S/C20H25N5O2/c1-14-13-18(25-11-3-4-12-25)24-20(23-14)22-10-9-21-19(27)17-7-5-16(6-8-17)15(2)26/h5-8,13H,3-4,9-12H2,1-2H3,(H,21,27)(H,22,23,24). The number of hydrogen-bond acceptors (Lipinski definition) is 6. The van der Waals surface area contributed by atoms with Gasteiger partial charge in [0.2, 0.25) is 5.95 Å². The van der Waals surface area contributed by atoms with Gasteiger partial charge in [0, 0.05) is 49.1 Å². The van der Waals surface area contributed by atoms with Crippen molar-refractivity contribution in [1.29, 1.82) is 0 Å². The minimum Gasteiger partial charge on any atom is -0.356 e. The Morgan fingerprint density at radius 1 is 1.04 bits per heavy atom. The smallest absolute Gasteiger partial charge is 0.251 e. The molecular formula is C20H25N5O2. The first-order valence-electron chi connectivity index (χ1n) is 9.26. The highest BCUT2D eigenvalue weighted by atomic mass is 16.1. The minimum absolute atomic E-state index is 0.0161. The van der Waals surface area contributed by atoms with Gasteiger partial charge in [-0.25, -0.2) is 4.98 Å². The second-order valence-electron chi connectivity index (χ2n) is 6.70. The fourth-order valence-electron chi connectivity index (χ4n) is 3.05. The third kappa shape index (κ3) is 5.03. The Bertz CT molecular complexity index is 814. The Balaban J connectivity index is 1.49. The Hall–Kier alpha value is -2.96. The first-order valence-corrected chi connectivity index (χ1v) is 9.26. The van der Waals surface area contributed by atoms with Gasteiger partial charge >= 0.3 is 0 Å². The van der Waals surface area contributed by atoms with Crippen LogP contribution in [0.4, 0.5) is 11.8 Å². The van der Waals surface area contributed by atoms with Crippen LogP contribution < -0.4 is 15.5 Å². The van der Waals surface area contributed by atoms with Gasteiger partial charge in [-0.3, -0.25) is 9.59 Å². The molecule has 2 aromatic rings. The molecule has 27 heavy (non-hydrogen) atoms. The number of rotatable bonds is 7. The van der Waals surface area contributed by atoms with E-state index in [1.807, 2.05) is 13.0 Å². The summed E-state index contributed by atoms with van der Waals surface area (Å²) in [7, 11) is 0. The lowest BCUT2D eigenvalue weighted by Gasteiger charge is -2.17.